The molecule has 1 atom stereocenters. The van der Waals surface area contributed by atoms with Gasteiger partial charge in [0.15, 0.2) is 5.75 Å². The van der Waals surface area contributed by atoms with Gasteiger partial charge in [0.05, 0.1) is 24.4 Å². The molecular formula is C20H24ClN3O4S. The molecule has 1 aromatic heterocycles. The predicted molar refractivity (Wildman–Crippen MR) is 111 cm³/mol. The van der Waals surface area contributed by atoms with E-state index in [1.54, 1.807) is 14.1 Å². The van der Waals surface area contributed by atoms with Gasteiger partial charge >= 0.3 is 0 Å². The number of sulfonamides is 1. The Morgan fingerprint density at radius 3 is 2.66 bits per heavy atom. The average molecular weight is 438 g/mol. The standard InChI is InChI=1S/C20H24ClN3O4S/c1-13-7-5-8-16(22-13)17-9-6-10-24(17)29(26,27)18-12-14(21)11-15(19(18)28-4)20(25)23(2)3/h5,7-8,11-12,17H,6,9-10H2,1-4H3. The van der Waals surface area contributed by atoms with Crippen molar-refractivity contribution in [2.24, 2.45) is 0 Å². The Balaban J connectivity index is 2.13. The number of nitrogens with zero attached hydrogens (tertiary/aromatic N) is 3. The van der Waals surface area contributed by atoms with Crippen molar-refractivity contribution in [1.82, 2.24) is 14.2 Å². The van der Waals surface area contributed by atoms with Crippen LogP contribution in [-0.2, 0) is 10.0 Å². The number of pyridine rings is 1. The van der Waals surface area contributed by atoms with Crippen LogP contribution in [-0.4, -0.2) is 56.3 Å². The number of ether oxygens (including phenoxy) is 1. The number of aromatic nitrogens is 1. The first-order valence-electron chi connectivity index (χ1n) is 9.21. The Morgan fingerprint density at radius 1 is 1.31 bits per heavy atom. The number of hydrogen-bond acceptors (Lipinski definition) is 5. The SMILES string of the molecule is COc1c(C(=O)N(C)C)cc(Cl)cc1S(=O)(=O)N1CCCC1c1cccc(C)n1. The number of carbonyl (C=O) groups is 1. The van der Waals surface area contributed by atoms with Crippen molar-refractivity contribution < 1.29 is 17.9 Å². The molecule has 0 saturated carbocycles. The van der Waals surface area contributed by atoms with Crippen LogP contribution >= 0.6 is 11.6 Å². The van der Waals surface area contributed by atoms with E-state index in [1.807, 2.05) is 25.1 Å². The summed E-state index contributed by atoms with van der Waals surface area (Å²) in [6.45, 7) is 2.23. The lowest BCUT2D eigenvalue weighted by Crippen LogP contribution is -2.32. The summed E-state index contributed by atoms with van der Waals surface area (Å²) in [5.74, 6) is -0.393. The van der Waals surface area contributed by atoms with Crippen molar-refractivity contribution in [3.63, 3.8) is 0 Å². The largest absolute Gasteiger partial charge is 0.494 e. The molecule has 2 heterocycles. The molecule has 1 amide bonds. The molecule has 1 aliphatic heterocycles. The van der Waals surface area contributed by atoms with E-state index >= 15 is 0 Å². The molecule has 2 aromatic rings. The number of hydrogen-bond donors (Lipinski definition) is 0. The number of rotatable bonds is 5. The summed E-state index contributed by atoms with van der Waals surface area (Å²) < 4.78 is 34.0. The van der Waals surface area contributed by atoms with E-state index in [1.165, 1.54) is 28.4 Å². The third-order valence-electron chi connectivity index (χ3n) is 4.90. The first kappa shape index (κ1) is 21.5. The van der Waals surface area contributed by atoms with Crippen molar-refractivity contribution in [3.8, 4) is 5.75 Å². The Morgan fingerprint density at radius 2 is 2.03 bits per heavy atom. The van der Waals surface area contributed by atoms with Crippen LogP contribution in [0.5, 0.6) is 5.75 Å². The Labute approximate surface area is 176 Å². The molecule has 9 heteroatoms. The third-order valence-corrected chi connectivity index (χ3v) is 7.03. The molecule has 1 saturated heterocycles. The van der Waals surface area contributed by atoms with Gasteiger partial charge < -0.3 is 9.64 Å². The van der Waals surface area contributed by atoms with Gasteiger partial charge in [0.2, 0.25) is 10.0 Å². The molecular weight excluding hydrogens is 414 g/mol. The van der Waals surface area contributed by atoms with E-state index in [-0.39, 0.29) is 33.2 Å². The highest BCUT2D eigenvalue weighted by molar-refractivity contribution is 7.89. The summed E-state index contributed by atoms with van der Waals surface area (Å²) in [4.78, 5) is 18.3. The highest BCUT2D eigenvalue weighted by atomic mass is 35.5. The van der Waals surface area contributed by atoms with Gasteiger partial charge in [-0.1, -0.05) is 17.7 Å². The van der Waals surface area contributed by atoms with Crippen LogP contribution in [0, 0.1) is 6.92 Å². The van der Waals surface area contributed by atoms with Gasteiger partial charge in [0.25, 0.3) is 5.91 Å². The first-order valence-corrected chi connectivity index (χ1v) is 11.0. The van der Waals surface area contributed by atoms with E-state index in [0.29, 0.717) is 25.1 Å². The van der Waals surface area contributed by atoms with Gasteiger partial charge in [-0.15, -0.1) is 0 Å². The second-order valence-corrected chi connectivity index (χ2v) is 9.46. The molecule has 1 aliphatic rings. The van der Waals surface area contributed by atoms with E-state index < -0.39 is 10.0 Å². The maximum atomic E-state index is 13.6. The highest BCUT2D eigenvalue weighted by Gasteiger charge is 2.39. The average Bonchev–Trinajstić information content (AvgIpc) is 3.17. The number of halogens is 1. The summed E-state index contributed by atoms with van der Waals surface area (Å²) in [7, 11) is 0.523. The van der Waals surface area contributed by atoms with Crippen molar-refractivity contribution in [1.29, 1.82) is 0 Å². The van der Waals surface area contributed by atoms with Crippen LogP contribution in [0.25, 0.3) is 0 Å². The summed E-state index contributed by atoms with van der Waals surface area (Å²) in [6, 6.07) is 7.95. The molecule has 0 aliphatic carbocycles. The molecule has 3 rings (SSSR count). The molecule has 1 fully saturated rings. The van der Waals surface area contributed by atoms with Crippen molar-refractivity contribution in [2.45, 2.75) is 30.7 Å². The minimum atomic E-state index is -3.98. The molecule has 156 valence electrons. The maximum absolute atomic E-state index is 13.6. The summed E-state index contributed by atoms with van der Waals surface area (Å²) >= 11 is 6.19. The fourth-order valence-corrected chi connectivity index (χ4v) is 5.73. The van der Waals surface area contributed by atoms with E-state index in [9.17, 15) is 13.2 Å². The molecule has 1 aromatic carbocycles. The summed E-state index contributed by atoms with van der Waals surface area (Å²) in [5.41, 5.74) is 1.63. The zero-order valence-electron chi connectivity index (χ0n) is 16.8. The Hall–Kier alpha value is -2.16. The van der Waals surface area contributed by atoms with Crippen LogP contribution in [0.2, 0.25) is 5.02 Å². The van der Waals surface area contributed by atoms with Gasteiger partial charge in [0.1, 0.15) is 4.90 Å². The molecule has 0 N–H and O–H groups in total. The Kier molecular flexibility index (Phi) is 6.16. The molecule has 1 unspecified atom stereocenters. The van der Waals surface area contributed by atoms with Crippen molar-refractivity contribution in [3.05, 3.63) is 52.3 Å². The molecule has 0 bridgehead atoms. The normalized spacial score (nSPS) is 17.3. The summed E-state index contributed by atoms with van der Waals surface area (Å²) in [6.07, 6.45) is 1.38. The van der Waals surface area contributed by atoms with Crippen LogP contribution in [0.1, 0.15) is 40.6 Å². The Bertz CT molecular complexity index is 1040. The van der Waals surface area contributed by atoms with Crippen LogP contribution < -0.4 is 4.74 Å². The van der Waals surface area contributed by atoms with E-state index in [2.05, 4.69) is 4.98 Å². The minimum Gasteiger partial charge on any atom is -0.494 e. The second-order valence-electron chi connectivity index (χ2n) is 7.16. The lowest BCUT2D eigenvalue weighted by Gasteiger charge is -2.25. The number of aryl methyl sites for hydroxylation is 1. The fraction of sp³-hybridized carbons (Fsp3) is 0.400. The molecule has 29 heavy (non-hydrogen) atoms. The number of benzene rings is 1. The van der Waals surface area contributed by atoms with Gasteiger partial charge in [0, 0.05) is 31.4 Å². The second kappa shape index (κ2) is 8.30. The maximum Gasteiger partial charge on any atom is 0.257 e. The van der Waals surface area contributed by atoms with Gasteiger partial charge in [-0.25, -0.2) is 8.42 Å². The third kappa shape index (κ3) is 4.10. The summed E-state index contributed by atoms with van der Waals surface area (Å²) in [5, 5.41) is 0.152. The molecule has 0 spiro atoms. The van der Waals surface area contributed by atoms with Crippen molar-refractivity contribution >= 4 is 27.5 Å². The van der Waals surface area contributed by atoms with Gasteiger partial charge in [-0.3, -0.25) is 9.78 Å². The van der Waals surface area contributed by atoms with Crippen LogP contribution in [0.4, 0.5) is 0 Å². The lowest BCUT2D eigenvalue weighted by molar-refractivity contribution is 0.0823. The van der Waals surface area contributed by atoms with Crippen LogP contribution in [0.15, 0.2) is 35.2 Å². The van der Waals surface area contributed by atoms with Crippen molar-refractivity contribution in [2.75, 3.05) is 27.7 Å². The zero-order chi connectivity index (χ0) is 21.3. The van der Waals surface area contributed by atoms with Gasteiger partial charge in [-0.05, 0) is 44.0 Å². The number of carbonyl (C=O) groups excluding carboxylic acids is 1. The number of methoxy groups -OCH3 is 1. The lowest BCUT2D eigenvalue weighted by atomic mass is 10.1. The zero-order valence-corrected chi connectivity index (χ0v) is 18.4. The fourth-order valence-electron chi connectivity index (χ4n) is 3.57. The first-order chi connectivity index (χ1) is 13.7. The molecule has 7 nitrogen and oxygen atoms in total. The van der Waals surface area contributed by atoms with E-state index in [4.69, 9.17) is 16.3 Å². The van der Waals surface area contributed by atoms with Gasteiger partial charge in [-0.2, -0.15) is 4.31 Å². The topological polar surface area (TPSA) is 79.8 Å². The molecule has 0 radical (unpaired) electrons. The minimum absolute atomic E-state index is 0.00375. The van der Waals surface area contributed by atoms with E-state index in [0.717, 1.165) is 5.69 Å². The predicted octanol–water partition coefficient (Wildman–Crippen LogP) is 3.28. The quantitative estimate of drug-likeness (QED) is 0.717. The van der Waals surface area contributed by atoms with Crippen LogP contribution in [0.3, 0.4) is 0 Å². The highest BCUT2D eigenvalue weighted by Crippen LogP contribution is 2.40. The number of amides is 1. The monoisotopic (exact) mass is 437 g/mol. The smallest absolute Gasteiger partial charge is 0.257 e.